The Bertz CT molecular complexity index is 931. The van der Waals surface area contributed by atoms with Gasteiger partial charge in [-0.25, -0.2) is 0 Å². The molecule has 1 N–H and O–H groups in total. The van der Waals surface area contributed by atoms with Gasteiger partial charge in [-0.3, -0.25) is 14.7 Å². The number of carbonyl (C=O) groups is 1. The quantitative estimate of drug-likeness (QED) is 0.899. The van der Waals surface area contributed by atoms with Gasteiger partial charge in [-0.2, -0.15) is 5.10 Å². The summed E-state index contributed by atoms with van der Waals surface area (Å²) in [5, 5.41) is 7.11. The molecule has 0 unspecified atom stereocenters. The molecular formula is C18H25N3O2S. The van der Waals surface area contributed by atoms with Gasteiger partial charge in [0.05, 0.1) is 10.7 Å². The maximum atomic E-state index is 12.5. The van der Waals surface area contributed by atoms with Crippen LogP contribution in [0, 0.1) is 5.41 Å². The molecule has 0 aliphatic heterocycles. The third-order valence-corrected chi connectivity index (χ3v) is 4.87. The zero-order valence-corrected chi connectivity index (χ0v) is 16.2. The van der Waals surface area contributed by atoms with Crippen molar-refractivity contribution in [3.05, 3.63) is 37.0 Å². The molecule has 0 amide bonds. The van der Waals surface area contributed by atoms with Crippen LogP contribution in [-0.4, -0.2) is 20.5 Å². The van der Waals surface area contributed by atoms with Crippen LogP contribution in [0.4, 0.5) is 0 Å². The smallest absolute Gasteiger partial charge is 0.268 e. The van der Waals surface area contributed by atoms with Crippen LogP contribution in [0.2, 0.25) is 0 Å². The lowest BCUT2D eigenvalue weighted by Gasteiger charge is -2.16. The maximum absolute atomic E-state index is 12.5. The lowest BCUT2D eigenvalue weighted by molar-refractivity contribution is -0.120. The molecule has 130 valence electrons. The molecule has 0 fully saturated rings. The van der Waals surface area contributed by atoms with Crippen LogP contribution in [0.3, 0.4) is 0 Å². The summed E-state index contributed by atoms with van der Waals surface area (Å²) < 4.78 is 2.78. The molecule has 0 radical (unpaired) electrons. The first-order chi connectivity index (χ1) is 10.9. The van der Waals surface area contributed by atoms with Crippen molar-refractivity contribution in [1.82, 2.24) is 14.8 Å². The summed E-state index contributed by atoms with van der Waals surface area (Å²) in [4.78, 5) is 24.7. The molecule has 2 aromatic rings. The van der Waals surface area contributed by atoms with Gasteiger partial charge in [-0.15, -0.1) is 11.3 Å². The second-order valence-corrected chi connectivity index (χ2v) is 9.08. The van der Waals surface area contributed by atoms with E-state index in [0.29, 0.717) is 9.20 Å². The second-order valence-electron chi connectivity index (χ2n) is 8.02. The molecule has 0 spiro atoms. The van der Waals surface area contributed by atoms with E-state index in [1.165, 1.54) is 15.9 Å². The average molecular weight is 347 g/mol. The number of hydrogen-bond donors (Lipinski definition) is 1. The zero-order valence-electron chi connectivity index (χ0n) is 15.4. The van der Waals surface area contributed by atoms with Gasteiger partial charge in [0.2, 0.25) is 0 Å². The number of H-pyrrole nitrogens is 1. The Labute approximate surface area is 145 Å². The molecule has 2 heterocycles. The number of nitrogens with one attached hydrogen (secondary N) is 1. The fraction of sp³-hybridized carbons (Fsp3) is 0.500. The number of ketones is 1. The van der Waals surface area contributed by atoms with Gasteiger partial charge in [0.1, 0.15) is 4.66 Å². The van der Waals surface area contributed by atoms with E-state index in [4.69, 9.17) is 0 Å². The van der Waals surface area contributed by atoms with Crippen molar-refractivity contribution >= 4 is 29.3 Å². The monoisotopic (exact) mass is 347 g/mol. The first-order valence-corrected chi connectivity index (χ1v) is 8.70. The number of hydrogen-bond acceptors (Lipinski definition) is 4. The molecule has 0 aliphatic carbocycles. The Morgan fingerprint density at radius 3 is 2.42 bits per heavy atom. The molecular weight excluding hydrogens is 322 g/mol. The molecule has 0 aliphatic rings. The van der Waals surface area contributed by atoms with Crippen LogP contribution in [-0.2, 0) is 17.3 Å². The van der Waals surface area contributed by atoms with Crippen molar-refractivity contribution in [3.8, 4) is 0 Å². The van der Waals surface area contributed by atoms with Crippen molar-refractivity contribution in [2.45, 2.75) is 47.0 Å². The number of nitrogens with zero attached hydrogens (tertiary/aromatic N) is 2. The normalized spacial score (nSPS) is 14.5. The summed E-state index contributed by atoms with van der Waals surface area (Å²) >= 11 is 1.32. The number of thiazole rings is 1. The number of rotatable bonds is 2. The Morgan fingerprint density at radius 1 is 1.25 bits per heavy atom. The highest BCUT2D eigenvalue weighted by Crippen LogP contribution is 2.23. The highest BCUT2D eigenvalue weighted by atomic mass is 32.1. The summed E-state index contributed by atoms with van der Waals surface area (Å²) in [7, 11) is 1.69. The molecule has 0 atom stereocenters. The van der Waals surface area contributed by atoms with Crippen molar-refractivity contribution in [1.29, 1.82) is 0 Å². The van der Waals surface area contributed by atoms with Crippen molar-refractivity contribution < 1.29 is 4.79 Å². The molecule has 24 heavy (non-hydrogen) atoms. The van der Waals surface area contributed by atoms with Gasteiger partial charge in [-0.1, -0.05) is 41.5 Å². The molecule has 2 aromatic heterocycles. The van der Waals surface area contributed by atoms with E-state index in [0.717, 1.165) is 11.3 Å². The van der Waals surface area contributed by atoms with Crippen LogP contribution >= 0.6 is 11.3 Å². The zero-order chi connectivity index (χ0) is 18.3. The fourth-order valence-corrected chi connectivity index (χ4v) is 3.20. The van der Waals surface area contributed by atoms with E-state index in [-0.39, 0.29) is 16.8 Å². The van der Waals surface area contributed by atoms with E-state index in [9.17, 15) is 9.59 Å². The first-order valence-electron chi connectivity index (χ1n) is 7.89. The van der Waals surface area contributed by atoms with Crippen LogP contribution in [0.5, 0.6) is 0 Å². The Hall–Kier alpha value is -1.95. The number of aromatic nitrogens is 3. The molecule has 2 rings (SSSR count). The molecule has 0 bridgehead atoms. The standard InChI is InChI=1S/C18H25N3O2S/c1-17(2,3)13(22)9-14-21(7)16(23)12(24-14)8-11-10-19-20-15(11)18(4,5)6/h8-10H,1-7H3,(H,19,20)/b12-8+,14-9+. The van der Waals surface area contributed by atoms with Gasteiger partial charge < -0.3 is 4.57 Å². The van der Waals surface area contributed by atoms with Gasteiger partial charge in [0.15, 0.2) is 5.78 Å². The summed E-state index contributed by atoms with van der Waals surface area (Å²) in [6, 6.07) is 0. The minimum Gasteiger partial charge on any atom is -0.302 e. The number of carbonyl (C=O) groups excluding carboxylic acids is 1. The Balaban J connectivity index is 2.62. The van der Waals surface area contributed by atoms with Crippen molar-refractivity contribution in [2.24, 2.45) is 12.5 Å². The predicted octanol–water partition coefficient (Wildman–Crippen LogP) is 1.69. The number of Topliss-reactive ketones (excluding diaryl/α,β-unsaturated/α-hetero) is 1. The SMILES string of the molecule is Cn1c(=O)/c(=C\c2cn[nH]c2C(C)(C)C)s/c1=C/C(=O)C(C)(C)C. The first kappa shape index (κ1) is 18.4. The fourth-order valence-electron chi connectivity index (χ4n) is 2.18. The van der Waals surface area contributed by atoms with Crippen LogP contribution in [0.25, 0.3) is 12.2 Å². The largest absolute Gasteiger partial charge is 0.302 e. The highest BCUT2D eigenvalue weighted by molar-refractivity contribution is 7.07. The minimum atomic E-state index is -0.464. The summed E-state index contributed by atoms with van der Waals surface area (Å²) in [6.45, 7) is 11.9. The van der Waals surface area contributed by atoms with E-state index in [1.54, 1.807) is 19.3 Å². The van der Waals surface area contributed by atoms with E-state index < -0.39 is 5.41 Å². The molecule has 6 heteroatoms. The van der Waals surface area contributed by atoms with E-state index >= 15 is 0 Å². The third-order valence-electron chi connectivity index (χ3n) is 3.76. The van der Waals surface area contributed by atoms with Gasteiger partial charge >= 0.3 is 0 Å². The lowest BCUT2D eigenvalue weighted by Crippen LogP contribution is -2.30. The second kappa shape index (κ2) is 6.16. The van der Waals surface area contributed by atoms with Gasteiger partial charge in [0, 0.05) is 35.2 Å². The van der Waals surface area contributed by atoms with Crippen molar-refractivity contribution in [3.63, 3.8) is 0 Å². The van der Waals surface area contributed by atoms with Gasteiger partial charge in [-0.05, 0) is 6.08 Å². The summed E-state index contributed by atoms with van der Waals surface area (Å²) in [5.74, 6) is 0.00425. The van der Waals surface area contributed by atoms with Crippen LogP contribution in [0.15, 0.2) is 11.0 Å². The predicted molar refractivity (Wildman–Crippen MR) is 98.6 cm³/mol. The highest BCUT2D eigenvalue weighted by Gasteiger charge is 2.20. The van der Waals surface area contributed by atoms with Crippen molar-refractivity contribution in [2.75, 3.05) is 0 Å². The maximum Gasteiger partial charge on any atom is 0.268 e. The van der Waals surface area contributed by atoms with Gasteiger partial charge in [0.25, 0.3) is 5.56 Å². The molecule has 0 aromatic carbocycles. The van der Waals surface area contributed by atoms with Crippen LogP contribution < -0.4 is 14.8 Å². The molecule has 0 saturated heterocycles. The third kappa shape index (κ3) is 3.75. The average Bonchev–Trinajstić information content (AvgIpc) is 2.99. The Morgan fingerprint density at radius 2 is 1.88 bits per heavy atom. The molecule has 5 nitrogen and oxygen atoms in total. The van der Waals surface area contributed by atoms with E-state index in [1.807, 2.05) is 26.8 Å². The van der Waals surface area contributed by atoms with E-state index in [2.05, 4.69) is 31.0 Å². The topological polar surface area (TPSA) is 67.8 Å². The summed E-state index contributed by atoms with van der Waals surface area (Å²) in [6.07, 6.45) is 5.13. The summed E-state index contributed by atoms with van der Waals surface area (Å²) in [5.41, 5.74) is 1.22. The lowest BCUT2D eigenvalue weighted by atomic mass is 9.89. The van der Waals surface area contributed by atoms with Crippen LogP contribution in [0.1, 0.15) is 52.8 Å². The Kier molecular flexibility index (Phi) is 4.72. The number of aromatic amines is 1. The minimum absolute atomic E-state index is 0.00425. The molecule has 0 saturated carbocycles.